The van der Waals surface area contributed by atoms with Gasteiger partial charge in [0.1, 0.15) is 0 Å². The van der Waals surface area contributed by atoms with Crippen molar-refractivity contribution in [1.29, 1.82) is 0 Å². The van der Waals surface area contributed by atoms with Gasteiger partial charge in [-0.1, -0.05) is 11.6 Å². The second-order valence-electron chi connectivity index (χ2n) is 2.11. The van der Waals surface area contributed by atoms with Crippen LogP contribution >= 0.6 is 11.6 Å². The van der Waals surface area contributed by atoms with Crippen molar-refractivity contribution in [2.75, 3.05) is 0 Å². The van der Waals surface area contributed by atoms with Crippen LogP contribution < -0.4 is 5.73 Å². The van der Waals surface area contributed by atoms with E-state index >= 15 is 0 Å². The molecule has 0 heterocycles. The fourth-order valence-corrected chi connectivity index (χ4v) is 0.984. The number of phenols is 1. The summed E-state index contributed by atoms with van der Waals surface area (Å²) < 4.78 is 12.6. The van der Waals surface area contributed by atoms with Crippen molar-refractivity contribution < 1.29 is 9.50 Å². The van der Waals surface area contributed by atoms with E-state index < -0.39 is 11.6 Å². The molecular weight excluding hydrogens is 169 g/mol. The van der Waals surface area contributed by atoms with Crippen molar-refractivity contribution in [3.8, 4) is 5.75 Å². The van der Waals surface area contributed by atoms with Crippen LogP contribution in [0.4, 0.5) is 4.39 Å². The maximum Gasteiger partial charge on any atom is 0.183 e. The van der Waals surface area contributed by atoms with Crippen LogP contribution in [-0.2, 0) is 6.54 Å². The second kappa shape index (κ2) is 3.07. The predicted octanol–water partition coefficient (Wildman–Crippen LogP) is 1.64. The molecule has 0 aliphatic carbocycles. The molecule has 0 radical (unpaired) electrons. The average molecular weight is 176 g/mol. The third-order valence-electron chi connectivity index (χ3n) is 1.30. The molecule has 0 aromatic heterocycles. The molecule has 1 rings (SSSR count). The number of hydrogen-bond donors (Lipinski definition) is 2. The fraction of sp³-hybridized carbons (Fsp3) is 0.143. The van der Waals surface area contributed by atoms with Gasteiger partial charge in [0.25, 0.3) is 0 Å². The summed E-state index contributed by atoms with van der Waals surface area (Å²) in [6.07, 6.45) is 0. The van der Waals surface area contributed by atoms with Crippen molar-refractivity contribution in [3.05, 3.63) is 28.5 Å². The molecule has 0 saturated carbocycles. The Balaban J connectivity index is 3.21. The number of hydrogen-bond acceptors (Lipinski definition) is 2. The molecule has 0 aliphatic rings. The van der Waals surface area contributed by atoms with Crippen LogP contribution in [0, 0.1) is 5.82 Å². The third-order valence-corrected chi connectivity index (χ3v) is 1.58. The average Bonchev–Trinajstić information content (AvgIpc) is 1.99. The van der Waals surface area contributed by atoms with E-state index in [1.807, 2.05) is 0 Å². The number of nitrogens with two attached hydrogens (primary N) is 1. The van der Waals surface area contributed by atoms with Gasteiger partial charge >= 0.3 is 0 Å². The van der Waals surface area contributed by atoms with Crippen molar-refractivity contribution in [3.63, 3.8) is 0 Å². The first kappa shape index (κ1) is 8.30. The van der Waals surface area contributed by atoms with Gasteiger partial charge in [-0.15, -0.1) is 0 Å². The van der Waals surface area contributed by atoms with Gasteiger partial charge in [-0.2, -0.15) is 0 Å². The summed E-state index contributed by atoms with van der Waals surface area (Å²) in [4.78, 5) is 0. The molecule has 0 aliphatic heterocycles. The molecule has 60 valence electrons. The molecular formula is C7H7ClFNO. The lowest BCUT2D eigenvalue weighted by molar-refractivity contribution is 0.432. The van der Waals surface area contributed by atoms with Gasteiger partial charge in [0, 0.05) is 6.54 Å². The fourth-order valence-electron chi connectivity index (χ4n) is 0.747. The van der Waals surface area contributed by atoms with Crippen molar-refractivity contribution in [2.24, 2.45) is 5.73 Å². The van der Waals surface area contributed by atoms with E-state index in [2.05, 4.69) is 0 Å². The zero-order valence-electron chi connectivity index (χ0n) is 5.64. The Bertz CT molecular complexity index is 254. The molecule has 11 heavy (non-hydrogen) atoms. The number of aromatic hydroxyl groups is 1. The summed E-state index contributed by atoms with van der Waals surface area (Å²) >= 11 is 5.41. The summed E-state index contributed by atoms with van der Waals surface area (Å²) in [5.74, 6) is -1.26. The molecule has 0 amide bonds. The van der Waals surface area contributed by atoms with E-state index in [0.717, 1.165) is 0 Å². The van der Waals surface area contributed by atoms with Crippen LogP contribution in [0.1, 0.15) is 5.56 Å². The zero-order valence-corrected chi connectivity index (χ0v) is 6.40. The Morgan fingerprint density at radius 3 is 2.64 bits per heavy atom. The van der Waals surface area contributed by atoms with E-state index in [0.29, 0.717) is 5.56 Å². The summed E-state index contributed by atoms with van der Waals surface area (Å²) in [5, 5.41) is 8.79. The molecule has 2 nitrogen and oxygen atoms in total. The zero-order chi connectivity index (χ0) is 8.43. The van der Waals surface area contributed by atoms with Crippen molar-refractivity contribution in [2.45, 2.75) is 6.54 Å². The van der Waals surface area contributed by atoms with E-state index in [1.54, 1.807) is 0 Å². The summed E-state index contributed by atoms with van der Waals surface area (Å²) in [7, 11) is 0. The largest absolute Gasteiger partial charge is 0.505 e. The lowest BCUT2D eigenvalue weighted by Crippen LogP contribution is -1.96. The summed E-state index contributed by atoms with van der Waals surface area (Å²) in [5.41, 5.74) is 5.85. The molecule has 0 fully saturated rings. The summed E-state index contributed by atoms with van der Waals surface area (Å²) in [6.45, 7) is 0.230. The third kappa shape index (κ3) is 1.61. The maximum absolute atomic E-state index is 12.6. The number of benzene rings is 1. The topological polar surface area (TPSA) is 46.2 Å². The van der Waals surface area contributed by atoms with Gasteiger partial charge < -0.3 is 10.8 Å². The Morgan fingerprint density at radius 2 is 2.18 bits per heavy atom. The Kier molecular flexibility index (Phi) is 2.31. The van der Waals surface area contributed by atoms with Crippen LogP contribution in [0.3, 0.4) is 0 Å². The Labute approximate surface area is 68.4 Å². The van der Waals surface area contributed by atoms with Crippen molar-refractivity contribution >= 4 is 11.6 Å². The minimum Gasteiger partial charge on any atom is -0.505 e. The monoisotopic (exact) mass is 175 g/mol. The number of halogens is 2. The molecule has 0 spiro atoms. The van der Waals surface area contributed by atoms with Crippen LogP contribution in [-0.4, -0.2) is 5.11 Å². The van der Waals surface area contributed by atoms with E-state index in [9.17, 15) is 4.39 Å². The van der Waals surface area contributed by atoms with Gasteiger partial charge in [-0.25, -0.2) is 4.39 Å². The minimum absolute atomic E-state index is 0.106. The van der Waals surface area contributed by atoms with Crippen LogP contribution in [0.15, 0.2) is 12.1 Å². The first-order chi connectivity index (χ1) is 5.15. The Morgan fingerprint density at radius 1 is 1.55 bits per heavy atom. The van der Waals surface area contributed by atoms with E-state index in [4.69, 9.17) is 22.4 Å². The van der Waals surface area contributed by atoms with E-state index in [-0.39, 0.29) is 11.6 Å². The molecule has 4 heteroatoms. The first-order valence-electron chi connectivity index (χ1n) is 3.02. The Hall–Kier alpha value is -0.800. The molecule has 3 N–H and O–H groups in total. The normalized spacial score (nSPS) is 10.1. The molecule has 1 aromatic rings. The van der Waals surface area contributed by atoms with Gasteiger partial charge in [0.05, 0.1) is 5.02 Å². The molecule has 0 atom stereocenters. The van der Waals surface area contributed by atoms with Crippen LogP contribution in [0.5, 0.6) is 5.75 Å². The minimum atomic E-state index is -0.802. The lowest BCUT2D eigenvalue weighted by Gasteiger charge is -2.00. The van der Waals surface area contributed by atoms with Crippen molar-refractivity contribution in [1.82, 2.24) is 0 Å². The van der Waals surface area contributed by atoms with Gasteiger partial charge in [-0.3, -0.25) is 0 Å². The van der Waals surface area contributed by atoms with Crippen LogP contribution in [0.25, 0.3) is 0 Å². The highest BCUT2D eigenvalue weighted by Gasteiger charge is 2.06. The molecule has 0 saturated heterocycles. The molecule has 0 unspecified atom stereocenters. The second-order valence-corrected chi connectivity index (χ2v) is 2.52. The highest BCUT2D eigenvalue weighted by atomic mass is 35.5. The van der Waals surface area contributed by atoms with Gasteiger partial charge in [0.15, 0.2) is 11.6 Å². The van der Waals surface area contributed by atoms with Crippen LogP contribution in [0.2, 0.25) is 5.02 Å². The van der Waals surface area contributed by atoms with E-state index in [1.165, 1.54) is 12.1 Å². The highest BCUT2D eigenvalue weighted by molar-refractivity contribution is 6.30. The smallest absolute Gasteiger partial charge is 0.183 e. The lowest BCUT2D eigenvalue weighted by atomic mass is 10.2. The number of phenolic OH excluding ortho intramolecular Hbond substituents is 1. The highest BCUT2D eigenvalue weighted by Crippen LogP contribution is 2.25. The first-order valence-corrected chi connectivity index (χ1v) is 3.40. The standard InChI is InChI=1S/C7H7ClFNO/c8-5-1-4(3-10)2-6(11)7(5)9/h1-2,11H,3,10H2. The quantitative estimate of drug-likeness (QED) is 0.682. The van der Waals surface area contributed by atoms with Gasteiger partial charge in [0.2, 0.25) is 0 Å². The maximum atomic E-state index is 12.6. The predicted molar refractivity (Wildman–Crippen MR) is 41.0 cm³/mol. The van der Waals surface area contributed by atoms with Gasteiger partial charge in [-0.05, 0) is 17.7 Å². The molecule has 0 bridgehead atoms. The SMILES string of the molecule is NCc1cc(O)c(F)c(Cl)c1. The number of rotatable bonds is 1. The molecule has 1 aromatic carbocycles. The summed E-state index contributed by atoms with van der Waals surface area (Å²) in [6, 6.07) is 2.64.